The summed E-state index contributed by atoms with van der Waals surface area (Å²) in [5.74, 6) is 0.618. The minimum Gasteiger partial charge on any atom is -0.494 e. The summed E-state index contributed by atoms with van der Waals surface area (Å²) in [4.78, 5) is 4.00. The van der Waals surface area contributed by atoms with Gasteiger partial charge in [-0.1, -0.05) is 11.6 Å². The van der Waals surface area contributed by atoms with Gasteiger partial charge >= 0.3 is 0 Å². The van der Waals surface area contributed by atoms with Crippen molar-refractivity contribution < 1.29 is 13.2 Å². The lowest BCUT2D eigenvalue weighted by Gasteiger charge is -2.12. The summed E-state index contributed by atoms with van der Waals surface area (Å²) in [7, 11) is -3.72. The molecule has 0 saturated heterocycles. The Labute approximate surface area is 129 Å². The van der Waals surface area contributed by atoms with E-state index in [9.17, 15) is 8.42 Å². The molecule has 0 fully saturated rings. The number of ether oxygens (including phenoxy) is 1. The van der Waals surface area contributed by atoms with E-state index in [0.29, 0.717) is 17.9 Å². The van der Waals surface area contributed by atoms with Crippen molar-refractivity contribution in [2.75, 3.05) is 11.3 Å². The van der Waals surface area contributed by atoms with Gasteiger partial charge in [0.2, 0.25) is 0 Å². The number of pyridine rings is 1. The van der Waals surface area contributed by atoms with Gasteiger partial charge in [0.15, 0.2) is 5.15 Å². The van der Waals surface area contributed by atoms with Gasteiger partial charge in [-0.3, -0.25) is 4.72 Å². The van der Waals surface area contributed by atoms with Gasteiger partial charge < -0.3 is 4.74 Å². The third kappa shape index (κ3) is 3.65. The topological polar surface area (TPSA) is 68.3 Å². The number of halogens is 1. The first kappa shape index (κ1) is 15.6. The second-order valence-corrected chi connectivity index (χ2v) is 6.34. The highest BCUT2D eigenvalue weighted by Gasteiger charge is 2.17. The Morgan fingerprint density at radius 2 is 1.90 bits per heavy atom. The molecule has 7 heteroatoms. The number of hydrogen-bond donors (Lipinski definition) is 1. The molecule has 5 nitrogen and oxygen atoms in total. The van der Waals surface area contributed by atoms with E-state index in [1.165, 1.54) is 18.3 Å². The number of benzene rings is 1. The van der Waals surface area contributed by atoms with E-state index >= 15 is 0 Å². The van der Waals surface area contributed by atoms with Crippen molar-refractivity contribution in [3.8, 4) is 5.75 Å². The first-order chi connectivity index (χ1) is 9.94. The molecule has 1 N–H and O–H groups in total. The van der Waals surface area contributed by atoms with Gasteiger partial charge in [0.25, 0.3) is 10.0 Å². The van der Waals surface area contributed by atoms with Crippen LogP contribution in [0.4, 0.5) is 5.69 Å². The maximum Gasteiger partial charge on any atom is 0.262 e. The first-order valence-electron chi connectivity index (χ1n) is 6.31. The number of rotatable bonds is 5. The van der Waals surface area contributed by atoms with Gasteiger partial charge in [-0.05, 0) is 49.7 Å². The number of sulfonamides is 1. The minimum atomic E-state index is -3.72. The van der Waals surface area contributed by atoms with E-state index in [4.69, 9.17) is 16.3 Å². The molecular formula is C14H15ClN2O3S. The molecule has 1 aromatic carbocycles. The van der Waals surface area contributed by atoms with Gasteiger partial charge in [0.05, 0.1) is 17.2 Å². The lowest BCUT2D eigenvalue weighted by Crippen LogP contribution is -2.14. The quantitative estimate of drug-likeness (QED) is 0.856. The standard InChI is InChI=1S/C14H15ClN2O3S/c1-3-20-11-4-6-12(7-5-11)21(18,19)17-13-10(2)8-9-16-14(13)15/h4-9,17H,3H2,1-2H3. The zero-order valence-electron chi connectivity index (χ0n) is 11.6. The molecule has 1 aromatic heterocycles. The highest BCUT2D eigenvalue weighted by atomic mass is 35.5. The molecule has 1 heterocycles. The fraction of sp³-hybridized carbons (Fsp3) is 0.214. The van der Waals surface area contributed by atoms with Gasteiger partial charge in [0.1, 0.15) is 5.75 Å². The fourth-order valence-corrected chi connectivity index (χ4v) is 3.17. The lowest BCUT2D eigenvalue weighted by atomic mass is 10.3. The highest BCUT2D eigenvalue weighted by Crippen LogP contribution is 2.26. The fourth-order valence-electron chi connectivity index (χ4n) is 1.72. The Bertz CT molecular complexity index is 710. The van der Waals surface area contributed by atoms with Crippen molar-refractivity contribution in [3.63, 3.8) is 0 Å². The van der Waals surface area contributed by atoms with Crippen LogP contribution in [0.25, 0.3) is 0 Å². The summed E-state index contributed by atoms with van der Waals surface area (Å²) in [5.41, 5.74) is 0.984. The Balaban J connectivity index is 2.30. The zero-order chi connectivity index (χ0) is 15.5. The van der Waals surface area contributed by atoms with E-state index in [1.54, 1.807) is 25.1 Å². The first-order valence-corrected chi connectivity index (χ1v) is 8.17. The molecule has 0 amide bonds. The third-order valence-corrected chi connectivity index (χ3v) is 4.45. The van der Waals surface area contributed by atoms with E-state index in [0.717, 1.165) is 0 Å². The van der Waals surface area contributed by atoms with Crippen molar-refractivity contribution in [1.82, 2.24) is 4.98 Å². The Hall–Kier alpha value is -1.79. The molecule has 0 unspecified atom stereocenters. The molecule has 0 atom stereocenters. The van der Waals surface area contributed by atoms with E-state index in [2.05, 4.69) is 9.71 Å². The molecule has 0 spiro atoms. The smallest absolute Gasteiger partial charge is 0.262 e. The van der Waals surface area contributed by atoms with Crippen LogP contribution >= 0.6 is 11.6 Å². The van der Waals surface area contributed by atoms with Crippen LogP contribution in [0, 0.1) is 6.92 Å². The average Bonchev–Trinajstić information content (AvgIpc) is 2.44. The van der Waals surface area contributed by atoms with Crippen LogP contribution in [0.3, 0.4) is 0 Å². The average molecular weight is 327 g/mol. The van der Waals surface area contributed by atoms with Gasteiger partial charge in [-0.2, -0.15) is 0 Å². The minimum absolute atomic E-state index is 0.115. The van der Waals surface area contributed by atoms with Crippen molar-refractivity contribution in [3.05, 3.63) is 47.2 Å². The lowest BCUT2D eigenvalue weighted by molar-refractivity contribution is 0.340. The van der Waals surface area contributed by atoms with Gasteiger partial charge in [0, 0.05) is 6.20 Å². The van der Waals surface area contributed by atoms with Crippen LogP contribution in [0.2, 0.25) is 5.15 Å². The van der Waals surface area contributed by atoms with Crippen LogP contribution in [0.5, 0.6) is 5.75 Å². The van der Waals surface area contributed by atoms with Crippen molar-refractivity contribution in [2.24, 2.45) is 0 Å². The SMILES string of the molecule is CCOc1ccc(S(=O)(=O)Nc2c(C)ccnc2Cl)cc1. The zero-order valence-corrected chi connectivity index (χ0v) is 13.2. The van der Waals surface area contributed by atoms with Crippen LogP contribution in [-0.4, -0.2) is 20.0 Å². The molecule has 0 aliphatic carbocycles. The maximum atomic E-state index is 12.3. The normalized spacial score (nSPS) is 11.2. The summed E-state index contributed by atoms with van der Waals surface area (Å²) in [6, 6.07) is 7.85. The molecule has 112 valence electrons. The van der Waals surface area contributed by atoms with Crippen molar-refractivity contribution in [1.29, 1.82) is 0 Å². The predicted octanol–water partition coefficient (Wildman–Crippen LogP) is 3.24. The summed E-state index contributed by atoms with van der Waals surface area (Å²) in [5, 5.41) is 0.115. The molecule has 0 bridgehead atoms. The summed E-state index contributed by atoms with van der Waals surface area (Å²) < 4.78 is 32.4. The van der Waals surface area contributed by atoms with Gasteiger partial charge in [-0.25, -0.2) is 13.4 Å². The molecule has 0 radical (unpaired) electrons. The van der Waals surface area contributed by atoms with Crippen molar-refractivity contribution >= 4 is 27.3 Å². The number of nitrogens with zero attached hydrogens (tertiary/aromatic N) is 1. The summed E-state index contributed by atoms with van der Waals surface area (Å²) in [6.45, 7) is 4.14. The second kappa shape index (κ2) is 6.32. The molecule has 0 aliphatic rings. The number of aromatic nitrogens is 1. The van der Waals surface area contributed by atoms with Crippen LogP contribution < -0.4 is 9.46 Å². The number of aryl methyl sites for hydroxylation is 1. The monoisotopic (exact) mass is 326 g/mol. The molecule has 0 saturated carbocycles. The Morgan fingerprint density at radius 3 is 2.48 bits per heavy atom. The Morgan fingerprint density at radius 1 is 1.24 bits per heavy atom. The number of nitrogens with one attached hydrogen (secondary N) is 1. The van der Waals surface area contributed by atoms with Crippen LogP contribution in [-0.2, 0) is 10.0 Å². The van der Waals surface area contributed by atoms with Crippen LogP contribution in [0.1, 0.15) is 12.5 Å². The third-order valence-electron chi connectivity index (χ3n) is 2.79. The summed E-state index contributed by atoms with van der Waals surface area (Å²) in [6.07, 6.45) is 1.52. The maximum absolute atomic E-state index is 12.3. The molecule has 21 heavy (non-hydrogen) atoms. The number of anilines is 1. The van der Waals surface area contributed by atoms with E-state index in [1.807, 2.05) is 6.92 Å². The van der Waals surface area contributed by atoms with Crippen molar-refractivity contribution in [2.45, 2.75) is 18.7 Å². The summed E-state index contributed by atoms with van der Waals surface area (Å²) >= 11 is 5.93. The second-order valence-electron chi connectivity index (χ2n) is 4.30. The van der Waals surface area contributed by atoms with Gasteiger partial charge in [-0.15, -0.1) is 0 Å². The molecule has 0 aliphatic heterocycles. The van der Waals surface area contributed by atoms with E-state index in [-0.39, 0.29) is 15.7 Å². The predicted molar refractivity (Wildman–Crippen MR) is 82.4 cm³/mol. The van der Waals surface area contributed by atoms with E-state index < -0.39 is 10.0 Å². The molecular weight excluding hydrogens is 312 g/mol. The Kier molecular flexibility index (Phi) is 4.69. The molecule has 2 aromatic rings. The number of hydrogen-bond acceptors (Lipinski definition) is 4. The molecule has 2 rings (SSSR count). The largest absolute Gasteiger partial charge is 0.494 e. The highest BCUT2D eigenvalue weighted by molar-refractivity contribution is 7.92. The van der Waals surface area contributed by atoms with Crippen LogP contribution in [0.15, 0.2) is 41.4 Å².